The van der Waals surface area contributed by atoms with Crippen LogP contribution in [0.1, 0.15) is 309 Å². The molecule has 510 valence electrons. The molecule has 0 aliphatic carbocycles. The van der Waals surface area contributed by atoms with Crippen LogP contribution in [0.5, 0.6) is 0 Å². The molecule has 0 bridgehead atoms. The third-order valence-electron chi connectivity index (χ3n) is 15.7. The molecule has 0 aliphatic heterocycles. The molecule has 0 aliphatic rings. The largest absolute Gasteiger partial charge is 0.545 e. The summed E-state index contributed by atoms with van der Waals surface area (Å²) in [5, 5.41) is 11.8. The zero-order valence-corrected chi connectivity index (χ0v) is 58.3. The molecule has 0 spiro atoms. The maximum atomic E-state index is 12.9. The molecule has 2 atom stereocenters. The van der Waals surface area contributed by atoms with Gasteiger partial charge in [-0.05, 0) is 103 Å². The van der Waals surface area contributed by atoms with Crippen molar-refractivity contribution >= 4 is 17.9 Å². The number of carbonyl (C=O) groups excluding carboxylic acids is 3. The standard InChI is InChI=1S/C80H137NO8/c1-6-8-10-12-14-16-18-20-22-24-26-28-30-31-32-33-34-35-36-37-38-39-40-41-42-43-44-45-46-47-49-51-53-55-57-59-61-63-65-67-69-71-78(83)89-76(75-88-80(79(84)85)86-73-72-81(3,4)5)74-87-77(82)70-68-66-64-62-60-58-56-54-52-50-48-29-27-25-23-21-19-17-15-13-11-9-7-2/h8-11,14-17,20-23,26-29,31-32,34-35,76,80H,6-7,12-13,18-19,24-25,30,33,36-75H2,1-5H3/b10-8-,11-9-,16-14-,17-15-,22-20-,23-21-,28-26-,29-27-,32-31-,35-34-. The van der Waals surface area contributed by atoms with E-state index in [2.05, 4.69) is 135 Å². The van der Waals surface area contributed by atoms with Crippen molar-refractivity contribution < 1.29 is 42.9 Å². The molecule has 0 aromatic heterocycles. The topological polar surface area (TPSA) is 111 Å². The zero-order valence-electron chi connectivity index (χ0n) is 58.3. The van der Waals surface area contributed by atoms with Gasteiger partial charge < -0.3 is 33.3 Å². The van der Waals surface area contributed by atoms with Crippen LogP contribution in [0, 0.1) is 0 Å². The number of allylic oxidation sites excluding steroid dienone is 20. The molecular formula is C80H137NO8. The van der Waals surface area contributed by atoms with Gasteiger partial charge in [-0.3, -0.25) is 9.59 Å². The number of hydrogen-bond donors (Lipinski definition) is 0. The lowest BCUT2D eigenvalue weighted by Gasteiger charge is -2.26. The second kappa shape index (κ2) is 69.6. The quantitative estimate of drug-likeness (QED) is 0.0195. The number of ether oxygens (including phenoxy) is 4. The maximum Gasteiger partial charge on any atom is 0.306 e. The van der Waals surface area contributed by atoms with Crippen molar-refractivity contribution in [2.75, 3.05) is 47.5 Å². The average molecular weight is 1240 g/mol. The van der Waals surface area contributed by atoms with Crippen LogP contribution >= 0.6 is 0 Å². The molecule has 0 aromatic rings. The van der Waals surface area contributed by atoms with E-state index in [1.54, 1.807) is 0 Å². The Kier molecular flexibility index (Phi) is 66.2. The predicted octanol–water partition coefficient (Wildman–Crippen LogP) is 21.8. The van der Waals surface area contributed by atoms with Gasteiger partial charge in [-0.2, -0.15) is 0 Å². The normalized spacial score (nSPS) is 13.4. The van der Waals surface area contributed by atoms with Crippen LogP contribution < -0.4 is 5.11 Å². The van der Waals surface area contributed by atoms with Gasteiger partial charge in [-0.1, -0.05) is 315 Å². The first-order chi connectivity index (χ1) is 43.6. The second-order valence-electron chi connectivity index (χ2n) is 25.5. The van der Waals surface area contributed by atoms with Crippen molar-refractivity contribution in [1.29, 1.82) is 0 Å². The summed E-state index contributed by atoms with van der Waals surface area (Å²) in [5.74, 6) is -2.28. The van der Waals surface area contributed by atoms with Crippen molar-refractivity contribution in [3.05, 3.63) is 122 Å². The summed E-state index contributed by atoms with van der Waals surface area (Å²) in [6, 6.07) is 0. The Morgan fingerprint density at radius 2 is 0.607 bits per heavy atom. The summed E-state index contributed by atoms with van der Waals surface area (Å²) in [7, 11) is 5.93. The minimum atomic E-state index is -1.63. The lowest BCUT2D eigenvalue weighted by molar-refractivity contribution is -0.870. The van der Waals surface area contributed by atoms with Crippen LogP contribution in [0.4, 0.5) is 0 Å². The number of carboxylic acids is 1. The van der Waals surface area contributed by atoms with Crippen molar-refractivity contribution in [2.24, 2.45) is 0 Å². The number of hydrogen-bond acceptors (Lipinski definition) is 8. The Morgan fingerprint density at radius 1 is 0.337 bits per heavy atom. The molecule has 0 fully saturated rings. The van der Waals surface area contributed by atoms with Gasteiger partial charge in [0.15, 0.2) is 12.4 Å². The number of likely N-dealkylation sites (N-methyl/N-ethyl adjacent to an activating group) is 1. The van der Waals surface area contributed by atoms with E-state index in [0.717, 1.165) is 103 Å². The lowest BCUT2D eigenvalue weighted by Crippen LogP contribution is -2.44. The van der Waals surface area contributed by atoms with E-state index in [0.29, 0.717) is 17.4 Å². The van der Waals surface area contributed by atoms with Crippen molar-refractivity contribution in [2.45, 2.75) is 322 Å². The molecule has 0 heterocycles. The summed E-state index contributed by atoms with van der Waals surface area (Å²) in [4.78, 5) is 37.5. The number of esters is 2. The second-order valence-corrected chi connectivity index (χ2v) is 25.5. The van der Waals surface area contributed by atoms with Gasteiger partial charge in [-0.25, -0.2) is 0 Å². The number of rotatable bonds is 67. The van der Waals surface area contributed by atoms with Crippen molar-refractivity contribution in [3.63, 3.8) is 0 Å². The minimum Gasteiger partial charge on any atom is -0.545 e. The third kappa shape index (κ3) is 71.0. The highest BCUT2D eigenvalue weighted by atomic mass is 16.7. The van der Waals surface area contributed by atoms with Crippen molar-refractivity contribution in [3.8, 4) is 0 Å². The van der Waals surface area contributed by atoms with Gasteiger partial charge in [0.05, 0.1) is 40.3 Å². The van der Waals surface area contributed by atoms with Crippen LogP contribution in [0.3, 0.4) is 0 Å². The number of carbonyl (C=O) groups is 3. The monoisotopic (exact) mass is 1240 g/mol. The summed E-state index contributed by atoms with van der Waals surface area (Å²) in [6.45, 7) is 4.54. The van der Waals surface area contributed by atoms with E-state index in [4.69, 9.17) is 18.9 Å². The molecule has 9 heteroatoms. The Bertz CT molecular complexity index is 1880. The van der Waals surface area contributed by atoms with Gasteiger partial charge in [0.2, 0.25) is 0 Å². The summed E-state index contributed by atoms with van der Waals surface area (Å²) < 4.78 is 22.8. The van der Waals surface area contributed by atoms with Crippen LogP contribution in [0.25, 0.3) is 0 Å². The highest BCUT2D eigenvalue weighted by Crippen LogP contribution is 2.18. The Morgan fingerprint density at radius 3 is 0.899 bits per heavy atom. The fourth-order valence-electron chi connectivity index (χ4n) is 10.2. The molecule has 0 rings (SSSR count). The summed E-state index contributed by atoms with van der Waals surface area (Å²) in [5.41, 5.74) is 0. The first-order valence-corrected chi connectivity index (χ1v) is 36.7. The molecule has 0 saturated heterocycles. The highest BCUT2D eigenvalue weighted by Gasteiger charge is 2.22. The van der Waals surface area contributed by atoms with Crippen molar-refractivity contribution in [1.82, 2.24) is 0 Å². The Balaban J connectivity index is 4.02. The first kappa shape index (κ1) is 84.7. The van der Waals surface area contributed by atoms with E-state index >= 15 is 0 Å². The van der Waals surface area contributed by atoms with Gasteiger partial charge >= 0.3 is 11.9 Å². The van der Waals surface area contributed by atoms with E-state index in [-0.39, 0.29) is 38.6 Å². The average Bonchev–Trinajstić information content (AvgIpc) is 3.64. The highest BCUT2D eigenvalue weighted by molar-refractivity contribution is 5.70. The van der Waals surface area contributed by atoms with Gasteiger partial charge in [0.1, 0.15) is 13.2 Å². The molecule has 9 nitrogen and oxygen atoms in total. The Labute approximate surface area is 548 Å². The molecule has 0 amide bonds. The van der Waals surface area contributed by atoms with Crippen LogP contribution in [0.2, 0.25) is 0 Å². The fraction of sp³-hybridized carbons (Fsp3) is 0.713. The smallest absolute Gasteiger partial charge is 0.306 e. The van der Waals surface area contributed by atoms with Gasteiger partial charge in [0, 0.05) is 12.8 Å². The van der Waals surface area contributed by atoms with Crippen LogP contribution in [-0.4, -0.2) is 82.3 Å². The summed E-state index contributed by atoms with van der Waals surface area (Å²) >= 11 is 0. The minimum absolute atomic E-state index is 0.144. The number of nitrogens with zero attached hydrogens (tertiary/aromatic N) is 1. The van der Waals surface area contributed by atoms with Crippen LogP contribution in [-0.2, 0) is 33.3 Å². The van der Waals surface area contributed by atoms with Gasteiger partial charge in [0.25, 0.3) is 0 Å². The lowest BCUT2D eigenvalue weighted by atomic mass is 10.0. The number of aliphatic carboxylic acids is 1. The Hall–Kier alpha value is -4.31. The predicted molar refractivity (Wildman–Crippen MR) is 380 cm³/mol. The number of carboxylic acid groups (broad SMARTS) is 1. The maximum absolute atomic E-state index is 12.9. The molecule has 0 saturated carbocycles. The molecule has 2 unspecified atom stereocenters. The molecule has 89 heavy (non-hydrogen) atoms. The third-order valence-corrected chi connectivity index (χ3v) is 15.7. The molecule has 0 aromatic carbocycles. The SMILES string of the molecule is CC/C=C\C/C=C\C/C=C\C/C=C\C/C=C\C/C=C\CCCCCCCCCCCCCCCCCCCCCCCCC(=O)OC(COC(=O)CCCCCCCCCCCC/C=C\C/C=C\C/C=C\C/C=C\CC)COC(OCC[N+](C)(C)C)C(=O)[O-]. The van der Waals surface area contributed by atoms with E-state index in [9.17, 15) is 19.5 Å². The van der Waals surface area contributed by atoms with Crippen LogP contribution in [0.15, 0.2) is 122 Å². The number of unbranched alkanes of at least 4 members (excludes halogenated alkanes) is 32. The van der Waals surface area contributed by atoms with E-state index < -0.39 is 24.3 Å². The molecule has 0 radical (unpaired) electrons. The number of quaternary nitrogens is 1. The first-order valence-electron chi connectivity index (χ1n) is 36.7. The molecular weight excluding hydrogens is 1100 g/mol. The summed E-state index contributed by atoms with van der Waals surface area (Å²) in [6.07, 6.45) is 95.8. The van der Waals surface area contributed by atoms with E-state index in [1.165, 1.54) is 173 Å². The van der Waals surface area contributed by atoms with Gasteiger partial charge in [-0.15, -0.1) is 0 Å². The fourth-order valence-corrected chi connectivity index (χ4v) is 10.2. The molecule has 0 N–H and O–H groups in total. The van der Waals surface area contributed by atoms with E-state index in [1.807, 2.05) is 21.1 Å². The zero-order chi connectivity index (χ0) is 64.7.